The molecule has 0 bridgehead atoms. The van der Waals surface area contributed by atoms with E-state index in [-0.39, 0.29) is 12.0 Å². The zero-order valence-corrected chi connectivity index (χ0v) is 13.2. The maximum absolute atomic E-state index is 11.8. The van der Waals surface area contributed by atoms with Gasteiger partial charge in [-0.1, -0.05) is 12.1 Å². The van der Waals surface area contributed by atoms with Gasteiger partial charge in [-0.15, -0.1) is 0 Å². The van der Waals surface area contributed by atoms with Gasteiger partial charge in [0.15, 0.2) is 0 Å². The second-order valence-corrected chi connectivity index (χ2v) is 5.57. The predicted octanol–water partition coefficient (Wildman–Crippen LogP) is 1.76. The molecular weight excluding hydrogens is 294 g/mol. The summed E-state index contributed by atoms with van der Waals surface area (Å²) in [4.78, 5) is 11.8. The minimum absolute atomic E-state index is 0.0461. The van der Waals surface area contributed by atoms with Crippen LogP contribution >= 0.6 is 0 Å². The van der Waals surface area contributed by atoms with E-state index >= 15 is 0 Å². The molecule has 1 atom stereocenters. The number of hydrogen-bond donors (Lipinski definition) is 1. The van der Waals surface area contributed by atoms with Gasteiger partial charge in [-0.25, -0.2) is 0 Å². The average molecular weight is 315 g/mol. The van der Waals surface area contributed by atoms with Crippen LogP contribution in [0.4, 0.5) is 0 Å². The molecule has 1 aliphatic heterocycles. The molecule has 1 aromatic carbocycles. The molecule has 1 saturated heterocycles. The van der Waals surface area contributed by atoms with Crippen molar-refractivity contribution in [3.8, 4) is 16.9 Å². The number of aryl methyl sites for hydroxylation is 1. The first-order valence-electron chi connectivity index (χ1n) is 7.83. The van der Waals surface area contributed by atoms with Crippen LogP contribution in [-0.4, -0.2) is 41.6 Å². The Balaban J connectivity index is 1.48. The first kappa shape index (κ1) is 15.6. The number of carbonyl (C=O) groups is 1. The summed E-state index contributed by atoms with van der Waals surface area (Å²) in [5.74, 6) is 0.730. The third-order valence-electron chi connectivity index (χ3n) is 3.76. The molecule has 0 aliphatic carbocycles. The molecule has 6 heteroatoms. The highest BCUT2D eigenvalue weighted by Gasteiger charge is 2.22. The van der Waals surface area contributed by atoms with E-state index in [1.807, 2.05) is 43.7 Å². The lowest BCUT2D eigenvalue weighted by molar-refractivity contribution is -0.130. The van der Waals surface area contributed by atoms with Gasteiger partial charge in [0.25, 0.3) is 0 Å². The molecule has 6 nitrogen and oxygen atoms in total. The highest BCUT2D eigenvalue weighted by Crippen LogP contribution is 2.23. The van der Waals surface area contributed by atoms with Crippen molar-refractivity contribution in [2.75, 3.05) is 19.8 Å². The first-order chi connectivity index (χ1) is 11.2. The molecule has 122 valence electrons. The fraction of sp³-hybridized carbons (Fsp3) is 0.412. The Labute approximate surface area is 135 Å². The summed E-state index contributed by atoms with van der Waals surface area (Å²) in [6.07, 6.45) is 5.25. The van der Waals surface area contributed by atoms with E-state index < -0.39 is 0 Å². The quantitative estimate of drug-likeness (QED) is 0.825. The third-order valence-corrected chi connectivity index (χ3v) is 3.76. The fourth-order valence-corrected chi connectivity index (χ4v) is 2.58. The molecule has 0 radical (unpaired) electrons. The molecule has 1 aliphatic rings. The number of nitrogens with zero attached hydrogens (tertiary/aromatic N) is 2. The molecule has 3 rings (SSSR count). The third kappa shape index (κ3) is 4.10. The van der Waals surface area contributed by atoms with Gasteiger partial charge in [-0.3, -0.25) is 9.48 Å². The summed E-state index contributed by atoms with van der Waals surface area (Å²) in [7, 11) is 1.89. The van der Waals surface area contributed by atoms with E-state index in [0.29, 0.717) is 19.8 Å². The van der Waals surface area contributed by atoms with Crippen LogP contribution in [0.25, 0.3) is 11.1 Å². The largest absolute Gasteiger partial charge is 0.492 e. The lowest BCUT2D eigenvalue weighted by Gasteiger charge is -2.11. The lowest BCUT2D eigenvalue weighted by atomic mass is 10.1. The van der Waals surface area contributed by atoms with Crippen LogP contribution in [0.3, 0.4) is 0 Å². The van der Waals surface area contributed by atoms with Crippen LogP contribution in [0.15, 0.2) is 36.7 Å². The Morgan fingerprint density at radius 2 is 2.39 bits per heavy atom. The summed E-state index contributed by atoms with van der Waals surface area (Å²) in [5, 5.41) is 7.01. The Morgan fingerprint density at radius 3 is 3.13 bits per heavy atom. The second-order valence-electron chi connectivity index (χ2n) is 5.57. The van der Waals surface area contributed by atoms with Crippen LogP contribution in [0.2, 0.25) is 0 Å². The smallest absolute Gasteiger partial charge is 0.249 e. The predicted molar refractivity (Wildman–Crippen MR) is 86.1 cm³/mol. The van der Waals surface area contributed by atoms with Gasteiger partial charge in [0, 0.05) is 25.4 Å². The van der Waals surface area contributed by atoms with Gasteiger partial charge in [0.2, 0.25) is 5.91 Å². The average Bonchev–Trinajstić information content (AvgIpc) is 3.23. The van der Waals surface area contributed by atoms with Crippen LogP contribution in [0, 0.1) is 0 Å². The van der Waals surface area contributed by atoms with Crippen molar-refractivity contribution >= 4 is 5.91 Å². The zero-order valence-electron chi connectivity index (χ0n) is 13.2. The standard InChI is InChI=1S/C17H21N3O3/c1-20-12-14(11-19-20)13-4-2-5-15(10-13)22-9-7-18-17(21)16-6-3-8-23-16/h2,4-5,10-12,16H,3,6-9H2,1H3,(H,18,21)/t16-/m1/s1. The van der Waals surface area contributed by atoms with Crippen molar-refractivity contribution in [1.82, 2.24) is 15.1 Å². The molecular formula is C17H21N3O3. The van der Waals surface area contributed by atoms with E-state index in [2.05, 4.69) is 10.4 Å². The van der Waals surface area contributed by atoms with Gasteiger partial charge in [0.1, 0.15) is 18.5 Å². The lowest BCUT2D eigenvalue weighted by Crippen LogP contribution is -2.36. The van der Waals surface area contributed by atoms with Gasteiger partial charge < -0.3 is 14.8 Å². The van der Waals surface area contributed by atoms with Crippen molar-refractivity contribution in [3.05, 3.63) is 36.7 Å². The van der Waals surface area contributed by atoms with E-state index in [9.17, 15) is 4.79 Å². The molecule has 0 saturated carbocycles. The normalized spacial score (nSPS) is 17.2. The van der Waals surface area contributed by atoms with E-state index in [1.54, 1.807) is 4.68 Å². The number of nitrogens with one attached hydrogen (secondary N) is 1. The summed E-state index contributed by atoms with van der Waals surface area (Å²) < 4.78 is 12.8. The molecule has 1 fully saturated rings. The van der Waals surface area contributed by atoms with Crippen LogP contribution < -0.4 is 10.1 Å². The summed E-state index contributed by atoms with van der Waals surface area (Å²) >= 11 is 0. The zero-order chi connectivity index (χ0) is 16.1. The van der Waals surface area contributed by atoms with E-state index in [0.717, 1.165) is 29.7 Å². The maximum atomic E-state index is 11.8. The number of aromatic nitrogens is 2. The Kier molecular flexibility index (Phi) is 4.92. The van der Waals surface area contributed by atoms with Crippen molar-refractivity contribution in [2.24, 2.45) is 7.05 Å². The molecule has 2 heterocycles. The monoisotopic (exact) mass is 315 g/mol. The van der Waals surface area contributed by atoms with E-state index in [1.165, 1.54) is 0 Å². The van der Waals surface area contributed by atoms with Crippen molar-refractivity contribution in [1.29, 1.82) is 0 Å². The van der Waals surface area contributed by atoms with Gasteiger partial charge in [-0.05, 0) is 30.5 Å². The van der Waals surface area contributed by atoms with Gasteiger partial charge >= 0.3 is 0 Å². The summed E-state index contributed by atoms with van der Waals surface area (Å²) in [6, 6.07) is 7.84. The van der Waals surface area contributed by atoms with Crippen LogP contribution in [-0.2, 0) is 16.6 Å². The highest BCUT2D eigenvalue weighted by atomic mass is 16.5. The molecule has 1 N–H and O–H groups in total. The Hall–Kier alpha value is -2.34. The van der Waals surface area contributed by atoms with Crippen molar-refractivity contribution in [2.45, 2.75) is 18.9 Å². The van der Waals surface area contributed by atoms with Crippen LogP contribution in [0.1, 0.15) is 12.8 Å². The number of ether oxygens (including phenoxy) is 2. The summed E-state index contributed by atoms with van der Waals surface area (Å²) in [5.41, 5.74) is 2.10. The number of carbonyl (C=O) groups excluding carboxylic acids is 1. The number of benzene rings is 1. The minimum atomic E-state index is -0.288. The van der Waals surface area contributed by atoms with Crippen molar-refractivity contribution < 1.29 is 14.3 Å². The molecule has 2 aromatic rings. The fourth-order valence-electron chi connectivity index (χ4n) is 2.58. The Bertz CT molecular complexity index is 663. The number of amides is 1. The second kappa shape index (κ2) is 7.28. The molecule has 1 amide bonds. The molecule has 23 heavy (non-hydrogen) atoms. The number of rotatable bonds is 6. The summed E-state index contributed by atoms with van der Waals surface area (Å²) in [6.45, 7) is 1.57. The molecule has 1 aromatic heterocycles. The first-order valence-corrected chi connectivity index (χ1v) is 7.83. The Morgan fingerprint density at radius 1 is 1.48 bits per heavy atom. The molecule has 0 spiro atoms. The SMILES string of the molecule is Cn1cc(-c2cccc(OCCNC(=O)[C@H]3CCCO3)c2)cn1. The van der Waals surface area contributed by atoms with Gasteiger partial charge in [0.05, 0.1) is 12.7 Å². The maximum Gasteiger partial charge on any atom is 0.249 e. The topological polar surface area (TPSA) is 65.4 Å². The van der Waals surface area contributed by atoms with Crippen LogP contribution in [0.5, 0.6) is 5.75 Å². The van der Waals surface area contributed by atoms with E-state index in [4.69, 9.17) is 9.47 Å². The van der Waals surface area contributed by atoms with Crippen molar-refractivity contribution in [3.63, 3.8) is 0 Å². The highest BCUT2D eigenvalue weighted by molar-refractivity contribution is 5.80. The van der Waals surface area contributed by atoms with Gasteiger partial charge in [-0.2, -0.15) is 5.10 Å². The minimum Gasteiger partial charge on any atom is -0.492 e. The number of hydrogen-bond acceptors (Lipinski definition) is 4. The molecule has 0 unspecified atom stereocenters.